The molecular weight excluding hydrogens is 204 g/mol. The lowest BCUT2D eigenvalue weighted by Crippen LogP contribution is -2.44. The van der Waals surface area contributed by atoms with Crippen LogP contribution in [0.4, 0.5) is 0 Å². The SMILES string of the molecule is CN(CCCCCO)CC1COCCC1N. The van der Waals surface area contributed by atoms with E-state index in [-0.39, 0.29) is 0 Å². The summed E-state index contributed by atoms with van der Waals surface area (Å²) in [4.78, 5) is 2.33. The van der Waals surface area contributed by atoms with Gasteiger partial charge in [-0.1, -0.05) is 0 Å². The molecule has 1 saturated heterocycles. The highest BCUT2D eigenvalue weighted by Gasteiger charge is 2.23. The predicted octanol–water partition coefficient (Wildman–Crippen LogP) is 0.445. The third-order valence-corrected chi connectivity index (χ3v) is 3.28. The lowest BCUT2D eigenvalue weighted by molar-refractivity contribution is 0.0293. The molecule has 1 fully saturated rings. The van der Waals surface area contributed by atoms with E-state index >= 15 is 0 Å². The highest BCUT2D eigenvalue weighted by Crippen LogP contribution is 2.14. The molecule has 0 amide bonds. The Morgan fingerprint density at radius 3 is 2.88 bits per heavy atom. The summed E-state index contributed by atoms with van der Waals surface area (Å²) in [6.07, 6.45) is 4.16. The summed E-state index contributed by atoms with van der Waals surface area (Å²) < 4.78 is 5.46. The van der Waals surface area contributed by atoms with Crippen molar-refractivity contribution in [2.24, 2.45) is 11.7 Å². The van der Waals surface area contributed by atoms with Gasteiger partial charge in [0.05, 0.1) is 6.61 Å². The Morgan fingerprint density at radius 2 is 2.19 bits per heavy atom. The number of rotatable bonds is 7. The van der Waals surface area contributed by atoms with Gasteiger partial charge in [-0.2, -0.15) is 0 Å². The molecule has 0 aliphatic carbocycles. The van der Waals surface area contributed by atoms with Gasteiger partial charge in [-0.15, -0.1) is 0 Å². The van der Waals surface area contributed by atoms with Crippen LogP contribution in [0.25, 0.3) is 0 Å². The van der Waals surface area contributed by atoms with Crippen LogP contribution >= 0.6 is 0 Å². The Hall–Kier alpha value is -0.160. The van der Waals surface area contributed by atoms with Gasteiger partial charge in [-0.05, 0) is 39.3 Å². The van der Waals surface area contributed by atoms with Crippen molar-refractivity contribution in [3.63, 3.8) is 0 Å². The maximum absolute atomic E-state index is 8.68. The minimum Gasteiger partial charge on any atom is -0.396 e. The molecule has 2 atom stereocenters. The fourth-order valence-electron chi connectivity index (χ4n) is 2.16. The molecule has 0 aromatic heterocycles. The highest BCUT2D eigenvalue weighted by molar-refractivity contribution is 4.78. The van der Waals surface area contributed by atoms with Gasteiger partial charge >= 0.3 is 0 Å². The number of hydrogen-bond donors (Lipinski definition) is 2. The second kappa shape index (κ2) is 8.01. The maximum Gasteiger partial charge on any atom is 0.0521 e. The van der Waals surface area contributed by atoms with Gasteiger partial charge in [-0.25, -0.2) is 0 Å². The molecule has 1 rings (SSSR count). The van der Waals surface area contributed by atoms with Crippen LogP contribution in [0.15, 0.2) is 0 Å². The molecule has 16 heavy (non-hydrogen) atoms. The Kier molecular flexibility index (Phi) is 6.96. The zero-order valence-electron chi connectivity index (χ0n) is 10.4. The molecule has 0 aromatic carbocycles. The first-order chi connectivity index (χ1) is 7.74. The van der Waals surface area contributed by atoms with Crippen molar-refractivity contribution >= 4 is 0 Å². The molecule has 1 aliphatic heterocycles. The molecule has 0 saturated carbocycles. The van der Waals surface area contributed by atoms with E-state index in [1.807, 2.05) is 0 Å². The van der Waals surface area contributed by atoms with Crippen molar-refractivity contribution in [3.05, 3.63) is 0 Å². The second-order valence-corrected chi connectivity index (χ2v) is 4.83. The van der Waals surface area contributed by atoms with Crippen LogP contribution in [0.1, 0.15) is 25.7 Å². The minimum absolute atomic E-state index is 0.300. The first kappa shape index (κ1) is 13.9. The largest absolute Gasteiger partial charge is 0.396 e. The zero-order valence-corrected chi connectivity index (χ0v) is 10.4. The Bertz CT molecular complexity index is 178. The quantitative estimate of drug-likeness (QED) is 0.623. The van der Waals surface area contributed by atoms with Crippen molar-refractivity contribution in [1.82, 2.24) is 4.90 Å². The number of hydrogen-bond acceptors (Lipinski definition) is 4. The molecule has 0 bridgehead atoms. The van der Waals surface area contributed by atoms with E-state index in [9.17, 15) is 0 Å². The molecule has 0 radical (unpaired) electrons. The fraction of sp³-hybridized carbons (Fsp3) is 1.00. The van der Waals surface area contributed by atoms with Gasteiger partial charge in [0.15, 0.2) is 0 Å². The number of aliphatic hydroxyl groups is 1. The lowest BCUT2D eigenvalue weighted by atomic mass is 9.96. The van der Waals surface area contributed by atoms with Crippen molar-refractivity contribution in [3.8, 4) is 0 Å². The first-order valence-corrected chi connectivity index (χ1v) is 6.36. The van der Waals surface area contributed by atoms with Crippen LogP contribution in [0.5, 0.6) is 0 Å². The summed E-state index contributed by atoms with van der Waals surface area (Å²) in [5, 5.41) is 8.68. The monoisotopic (exact) mass is 230 g/mol. The Morgan fingerprint density at radius 1 is 1.38 bits per heavy atom. The number of ether oxygens (including phenoxy) is 1. The number of nitrogens with zero attached hydrogens (tertiary/aromatic N) is 1. The molecule has 1 aliphatic rings. The first-order valence-electron chi connectivity index (χ1n) is 6.36. The summed E-state index contributed by atoms with van der Waals surface area (Å²) in [6, 6.07) is 0.300. The van der Waals surface area contributed by atoms with Crippen LogP contribution in [0.2, 0.25) is 0 Å². The molecule has 1 heterocycles. The minimum atomic E-state index is 0.300. The van der Waals surface area contributed by atoms with Gasteiger partial charge in [-0.3, -0.25) is 0 Å². The molecule has 0 aromatic rings. The molecule has 3 N–H and O–H groups in total. The highest BCUT2D eigenvalue weighted by atomic mass is 16.5. The zero-order chi connectivity index (χ0) is 11.8. The Labute approximate surface area is 98.8 Å². The third-order valence-electron chi connectivity index (χ3n) is 3.28. The summed E-state index contributed by atoms with van der Waals surface area (Å²) >= 11 is 0. The van der Waals surface area contributed by atoms with Crippen molar-refractivity contribution in [2.75, 3.05) is 40.0 Å². The average Bonchev–Trinajstić information content (AvgIpc) is 2.28. The number of aliphatic hydroxyl groups excluding tert-OH is 1. The van der Waals surface area contributed by atoms with Crippen LogP contribution in [0, 0.1) is 5.92 Å². The van der Waals surface area contributed by atoms with Gasteiger partial charge in [0.25, 0.3) is 0 Å². The van der Waals surface area contributed by atoms with E-state index in [2.05, 4.69) is 11.9 Å². The van der Waals surface area contributed by atoms with E-state index in [1.54, 1.807) is 0 Å². The molecule has 96 valence electrons. The van der Waals surface area contributed by atoms with E-state index in [0.29, 0.717) is 18.6 Å². The van der Waals surface area contributed by atoms with E-state index < -0.39 is 0 Å². The fourth-order valence-corrected chi connectivity index (χ4v) is 2.16. The van der Waals surface area contributed by atoms with Crippen LogP contribution in [-0.2, 0) is 4.74 Å². The van der Waals surface area contributed by atoms with Gasteiger partial charge in [0, 0.05) is 31.7 Å². The summed E-state index contributed by atoms with van der Waals surface area (Å²) in [6.45, 7) is 4.05. The molecule has 0 spiro atoms. The van der Waals surface area contributed by atoms with E-state index in [4.69, 9.17) is 15.6 Å². The van der Waals surface area contributed by atoms with Gasteiger partial charge < -0.3 is 20.5 Å². The molecule has 2 unspecified atom stereocenters. The van der Waals surface area contributed by atoms with Crippen LogP contribution in [0.3, 0.4) is 0 Å². The topological polar surface area (TPSA) is 58.7 Å². The molecule has 4 heteroatoms. The second-order valence-electron chi connectivity index (χ2n) is 4.83. The summed E-state index contributed by atoms with van der Waals surface area (Å²) in [7, 11) is 2.14. The lowest BCUT2D eigenvalue weighted by Gasteiger charge is -2.32. The predicted molar refractivity (Wildman–Crippen MR) is 65.3 cm³/mol. The van der Waals surface area contributed by atoms with Crippen molar-refractivity contribution in [1.29, 1.82) is 0 Å². The standard InChI is InChI=1S/C12H26N2O2/c1-14(6-3-2-4-7-15)9-11-10-16-8-5-12(11)13/h11-12,15H,2-10,13H2,1H3. The van der Waals surface area contributed by atoms with Crippen LogP contribution in [-0.4, -0.2) is 56.0 Å². The van der Waals surface area contributed by atoms with Crippen LogP contribution < -0.4 is 5.73 Å². The summed E-state index contributed by atoms with van der Waals surface area (Å²) in [5.74, 6) is 0.483. The number of unbranched alkanes of at least 4 members (excludes halogenated alkanes) is 2. The smallest absolute Gasteiger partial charge is 0.0521 e. The molecular formula is C12H26N2O2. The maximum atomic E-state index is 8.68. The third kappa shape index (κ3) is 5.25. The van der Waals surface area contributed by atoms with E-state index in [1.165, 1.54) is 0 Å². The summed E-state index contributed by atoms with van der Waals surface area (Å²) in [5.41, 5.74) is 6.06. The van der Waals surface area contributed by atoms with E-state index in [0.717, 1.165) is 52.0 Å². The van der Waals surface area contributed by atoms with Gasteiger partial charge in [0.2, 0.25) is 0 Å². The van der Waals surface area contributed by atoms with Gasteiger partial charge in [0.1, 0.15) is 0 Å². The molecule has 4 nitrogen and oxygen atoms in total. The Balaban J connectivity index is 2.09. The average molecular weight is 230 g/mol. The van der Waals surface area contributed by atoms with Crippen molar-refractivity contribution in [2.45, 2.75) is 31.7 Å². The van der Waals surface area contributed by atoms with Crippen molar-refractivity contribution < 1.29 is 9.84 Å². The normalized spacial score (nSPS) is 26.2. The number of nitrogens with two attached hydrogens (primary N) is 1.